The number of hydrogen-bond donors (Lipinski definition) is 2. The molecule has 1 fully saturated rings. The molecule has 0 spiro atoms. The van der Waals surface area contributed by atoms with Crippen molar-refractivity contribution in [3.8, 4) is 0 Å². The van der Waals surface area contributed by atoms with E-state index in [1.165, 1.54) is 0 Å². The van der Waals surface area contributed by atoms with E-state index in [4.69, 9.17) is 23.2 Å². The van der Waals surface area contributed by atoms with Crippen molar-refractivity contribution >= 4 is 40.7 Å². The monoisotopic (exact) mass is 390 g/mol. The molecule has 0 aliphatic heterocycles. The molecular weight excluding hydrogens is 371 g/mol. The molecule has 2 aromatic carbocycles. The molecule has 2 aromatic rings. The minimum atomic E-state index is -0.274. The molecule has 2 unspecified atom stereocenters. The number of aryl methyl sites for hydroxylation is 1. The number of amides is 2. The lowest BCUT2D eigenvalue weighted by atomic mass is 10.1. The van der Waals surface area contributed by atoms with Crippen LogP contribution in [-0.4, -0.2) is 18.4 Å². The first-order chi connectivity index (χ1) is 12.4. The highest BCUT2D eigenvalue weighted by Gasteiger charge is 2.47. The second-order valence-electron chi connectivity index (χ2n) is 6.56. The zero-order valence-corrected chi connectivity index (χ0v) is 15.9. The van der Waals surface area contributed by atoms with E-state index in [1.807, 2.05) is 37.3 Å². The van der Waals surface area contributed by atoms with E-state index in [2.05, 4.69) is 10.6 Å². The molecule has 3 rings (SSSR count). The van der Waals surface area contributed by atoms with Gasteiger partial charge in [-0.3, -0.25) is 9.59 Å². The number of anilines is 1. The smallest absolute Gasteiger partial charge is 0.228 e. The van der Waals surface area contributed by atoms with Crippen molar-refractivity contribution < 1.29 is 9.59 Å². The number of nitrogens with one attached hydrogen (secondary N) is 2. The number of rotatable bonds is 6. The highest BCUT2D eigenvalue weighted by atomic mass is 35.5. The van der Waals surface area contributed by atoms with Crippen molar-refractivity contribution in [2.75, 3.05) is 11.9 Å². The van der Waals surface area contributed by atoms with E-state index in [0.717, 1.165) is 17.5 Å². The van der Waals surface area contributed by atoms with E-state index >= 15 is 0 Å². The molecule has 1 saturated carbocycles. The summed E-state index contributed by atoms with van der Waals surface area (Å²) in [4.78, 5) is 24.5. The van der Waals surface area contributed by atoms with Gasteiger partial charge >= 0.3 is 0 Å². The van der Waals surface area contributed by atoms with Gasteiger partial charge in [0.1, 0.15) is 0 Å². The van der Waals surface area contributed by atoms with Gasteiger partial charge in [0.25, 0.3) is 0 Å². The van der Waals surface area contributed by atoms with E-state index in [1.54, 1.807) is 12.1 Å². The summed E-state index contributed by atoms with van der Waals surface area (Å²) in [5, 5.41) is 7.03. The van der Waals surface area contributed by atoms with Crippen LogP contribution in [-0.2, 0) is 16.0 Å². The summed E-state index contributed by atoms with van der Waals surface area (Å²) in [5.74, 6) is -0.723. The number of hydrogen-bond acceptors (Lipinski definition) is 2. The molecule has 1 aliphatic rings. The Hall–Kier alpha value is -2.04. The second kappa shape index (κ2) is 8.11. The van der Waals surface area contributed by atoms with E-state index in [-0.39, 0.29) is 23.7 Å². The second-order valence-corrected chi connectivity index (χ2v) is 7.44. The van der Waals surface area contributed by atoms with Crippen LogP contribution in [0.25, 0.3) is 0 Å². The van der Waals surface area contributed by atoms with Gasteiger partial charge in [0.05, 0.1) is 11.8 Å². The Bertz CT molecular complexity index is 821. The Labute approximate surface area is 162 Å². The van der Waals surface area contributed by atoms with Gasteiger partial charge in [0, 0.05) is 22.3 Å². The van der Waals surface area contributed by atoms with Gasteiger partial charge in [-0.25, -0.2) is 0 Å². The first-order valence-electron chi connectivity index (χ1n) is 8.53. The summed E-state index contributed by atoms with van der Waals surface area (Å²) in [6.45, 7) is 2.44. The molecule has 0 aromatic heterocycles. The van der Waals surface area contributed by atoms with Crippen LogP contribution < -0.4 is 10.6 Å². The zero-order valence-electron chi connectivity index (χ0n) is 14.4. The Kier molecular flexibility index (Phi) is 5.84. The SMILES string of the molecule is Cc1ccc(Cl)cc1NC(=O)C1CC1C(=O)NCCc1ccc(Cl)cc1. The first kappa shape index (κ1) is 18.7. The number of halogens is 2. The molecule has 1 aliphatic carbocycles. The minimum absolute atomic E-state index is 0.0677. The number of benzene rings is 2. The van der Waals surface area contributed by atoms with Crippen LogP contribution >= 0.6 is 23.2 Å². The van der Waals surface area contributed by atoms with Crippen LogP contribution in [0.4, 0.5) is 5.69 Å². The fraction of sp³-hybridized carbons (Fsp3) is 0.300. The van der Waals surface area contributed by atoms with Gasteiger partial charge in [0.15, 0.2) is 0 Å². The van der Waals surface area contributed by atoms with Gasteiger partial charge in [-0.15, -0.1) is 0 Å². The summed E-state index contributed by atoms with van der Waals surface area (Å²) >= 11 is 11.8. The lowest BCUT2D eigenvalue weighted by Crippen LogP contribution is -2.29. The predicted octanol–water partition coefficient (Wildman–Crippen LogP) is 4.24. The van der Waals surface area contributed by atoms with Crippen LogP contribution in [0.1, 0.15) is 17.5 Å². The van der Waals surface area contributed by atoms with E-state index < -0.39 is 0 Å². The van der Waals surface area contributed by atoms with Crippen LogP contribution in [0, 0.1) is 18.8 Å². The highest BCUT2D eigenvalue weighted by molar-refractivity contribution is 6.31. The normalized spacial score (nSPS) is 18.3. The highest BCUT2D eigenvalue weighted by Crippen LogP contribution is 2.39. The molecule has 26 heavy (non-hydrogen) atoms. The maximum absolute atomic E-state index is 12.3. The van der Waals surface area contributed by atoms with Crippen molar-refractivity contribution in [3.63, 3.8) is 0 Å². The molecule has 0 heterocycles. The molecule has 6 heteroatoms. The Morgan fingerprint density at radius 2 is 1.65 bits per heavy atom. The van der Waals surface area contributed by atoms with Gasteiger partial charge in [-0.1, -0.05) is 41.4 Å². The predicted molar refractivity (Wildman–Crippen MR) is 105 cm³/mol. The summed E-state index contributed by atoms with van der Waals surface area (Å²) in [7, 11) is 0. The van der Waals surface area contributed by atoms with Crippen molar-refractivity contribution in [2.45, 2.75) is 19.8 Å². The van der Waals surface area contributed by atoms with E-state index in [0.29, 0.717) is 28.7 Å². The third-order valence-corrected chi connectivity index (χ3v) is 5.03. The quantitative estimate of drug-likeness (QED) is 0.774. The van der Waals surface area contributed by atoms with Crippen molar-refractivity contribution in [1.82, 2.24) is 5.32 Å². The van der Waals surface area contributed by atoms with Gasteiger partial charge in [-0.2, -0.15) is 0 Å². The van der Waals surface area contributed by atoms with Crippen molar-refractivity contribution in [3.05, 3.63) is 63.6 Å². The van der Waals surface area contributed by atoms with Crippen LogP contribution in [0.2, 0.25) is 10.0 Å². The molecule has 0 bridgehead atoms. The van der Waals surface area contributed by atoms with E-state index in [9.17, 15) is 9.59 Å². The maximum Gasteiger partial charge on any atom is 0.228 e. The first-order valence-corrected chi connectivity index (χ1v) is 9.29. The summed E-state index contributed by atoms with van der Waals surface area (Å²) in [6.07, 6.45) is 1.31. The molecule has 2 amide bonds. The molecule has 4 nitrogen and oxygen atoms in total. The van der Waals surface area contributed by atoms with Crippen molar-refractivity contribution in [1.29, 1.82) is 0 Å². The molecular formula is C20H20Cl2N2O2. The lowest BCUT2D eigenvalue weighted by Gasteiger charge is -2.09. The summed E-state index contributed by atoms with van der Waals surface area (Å²) < 4.78 is 0. The molecule has 2 N–H and O–H groups in total. The minimum Gasteiger partial charge on any atom is -0.356 e. The standard InChI is InChI=1S/C20H20Cl2N2O2/c1-12-2-5-15(22)10-18(12)24-20(26)17-11-16(17)19(25)23-9-8-13-3-6-14(21)7-4-13/h2-7,10,16-17H,8-9,11H2,1H3,(H,23,25)(H,24,26). The Balaban J connectivity index is 1.45. The summed E-state index contributed by atoms with van der Waals surface area (Å²) in [5.41, 5.74) is 2.74. The van der Waals surface area contributed by atoms with Gasteiger partial charge in [0.2, 0.25) is 11.8 Å². The maximum atomic E-state index is 12.3. The average molecular weight is 391 g/mol. The molecule has 2 atom stereocenters. The van der Waals surface area contributed by atoms with Crippen LogP contribution in [0.5, 0.6) is 0 Å². The zero-order chi connectivity index (χ0) is 18.7. The third-order valence-electron chi connectivity index (χ3n) is 4.55. The van der Waals surface area contributed by atoms with Gasteiger partial charge < -0.3 is 10.6 Å². The largest absolute Gasteiger partial charge is 0.356 e. The topological polar surface area (TPSA) is 58.2 Å². The van der Waals surface area contributed by atoms with Crippen LogP contribution in [0.15, 0.2) is 42.5 Å². The summed E-state index contributed by atoms with van der Waals surface area (Å²) in [6, 6.07) is 12.9. The lowest BCUT2D eigenvalue weighted by molar-refractivity contribution is -0.125. The molecule has 0 radical (unpaired) electrons. The molecule has 0 saturated heterocycles. The van der Waals surface area contributed by atoms with Crippen molar-refractivity contribution in [2.24, 2.45) is 11.8 Å². The van der Waals surface area contributed by atoms with Crippen LogP contribution in [0.3, 0.4) is 0 Å². The number of carbonyl (C=O) groups excluding carboxylic acids is 2. The van der Waals surface area contributed by atoms with Gasteiger partial charge in [-0.05, 0) is 55.2 Å². The number of carbonyl (C=O) groups is 2. The average Bonchev–Trinajstić information content (AvgIpc) is 3.41. The fourth-order valence-electron chi connectivity index (χ4n) is 2.84. The third kappa shape index (κ3) is 4.77. The Morgan fingerprint density at radius 3 is 2.38 bits per heavy atom. The molecule has 136 valence electrons. The fourth-order valence-corrected chi connectivity index (χ4v) is 3.14. The Morgan fingerprint density at radius 1 is 1.00 bits per heavy atom.